The maximum Gasteiger partial charge on any atom is 0.376 e. The third-order valence-electron chi connectivity index (χ3n) is 4.65. The molecule has 1 aliphatic carbocycles. The normalized spacial score (nSPS) is 19.0. The predicted molar refractivity (Wildman–Crippen MR) is 121 cm³/mol. The summed E-state index contributed by atoms with van der Waals surface area (Å²) < 4.78 is 58.8. The van der Waals surface area contributed by atoms with Crippen LogP contribution in [0, 0.1) is 0 Å². The van der Waals surface area contributed by atoms with Crippen molar-refractivity contribution in [3.05, 3.63) is 65.7 Å². The molecule has 4 N–H and O–H groups in total. The minimum atomic E-state index is -3.99. The summed E-state index contributed by atoms with van der Waals surface area (Å²) in [4.78, 5) is 5.33. The van der Waals surface area contributed by atoms with Crippen molar-refractivity contribution in [1.29, 1.82) is 0 Å². The first-order valence-electron chi connectivity index (χ1n) is 9.97. The van der Waals surface area contributed by atoms with Gasteiger partial charge < -0.3 is 20.4 Å². The minimum Gasteiger partial charge on any atom is -0.395 e. The molecule has 0 heterocycles. The van der Waals surface area contributed by atoms with Gasteiger partial charge in [-0.25, -0.2) is 13.1 Å². The number of ether oxygens (including phenoxy) is 1. The zero-order valence-electron chi connectivity index (χ0n) is 17.8. The molecule has 0 bridgehead atoms. The van der Waals surface area contributed by atoms with E-state index in [1.165, 1.54) is 36.4 Å². The molecule has 0 saturated heterocycles. The molecule has 12 heteroatoms. The molecule has 0 saturated carbocycles. The smallest absolute Gasteiger partial charge is 0.376 e. The van der Waals surface area contributed by atoms with Crippen molar-refractivity contribution < 1.29 is 31.9 Å². The van der Waals surface area contributed by atoms with Crippen molar-refractivity contribution in [2.24, 2.45) is 10.9 Å². The number of aliphatic hydroxyl groups is 1. The fourth-order valence-corrected chi connectivity index (χ4v) is 4.43. The molecule has 182 valence electrons. The molecule has 0 spiro atoms. The predicted octanol–water partition coefficient (Wildman–Crippen LogP) is 3.10. The van der Waals surface area contributed by atoms with E-state index in [4.69, 9.17) is 22.2 Å². The summed E-state index contributed by atoms with van der Waals surface area (Å²) in [6.07, 6.45) is 0.0873. The molecule has 0 fully saturated rings. The number of hydrogen-bond donors (Lipinski definition) is 3. The van der Waals surface area contributed by atoms with E-state index in [2.05, 4.69) is 21.2 Å². The van der Waals surface area contributed by atoms with Crippen LogP contribution in [0.15, 0.2) is 70.8 Å². The number of amidine groups is 1. The first-order chi connectivity index (χ1) is 15.5. The van der Waals surface area contributed by atoms with E-state index >= 15 is 0 Å². The highest BCUT2D eigenvalue weighted by Crippen LogP contribution is 2.24. The molecule has 1 aromatic rings. The highest BCUT2D eigenvalue weighted by Gasteiger charge is 2.30. The third-order valence-corrected chi connectivity index (χ3v) is 6.37. The van der Waals surface area contributed by atoms with E-state index in [-0.39, 0.29) is 22.2 Å². The molecule has 3 atom stereocenters. The van der Waals surface area contributed by atoms with E-state index in [0.29, 0.717) is 18.1 Å². The van der Waals surface area contributed by atoms with E-state index in [1.54, 1.807) is 13.0 Å². The number of aliphatic hydroxyl groups excluding tert-OH is 1. The lowest BCUT2D eigenvalue weighted by Crippen LogP contribution is -2.46. The van der Waals surface area contributed by atoms with Gasteiger partial charge in [0.2, 0.25) is 10.0 Å². The summed E-state index contributed by atoms with van der Waals surface area (Å²) in [6, 6.07) is 4.64. The van der Waals surface area contributed by atoms with E-state index < -0.39 is 41.0 Å². The first kappa shape index (κ1) is 26.9. The van der Waals surface area contributed by atoms with Gasteiger partial charge in [-0.1, -0.05) is 54.6 Å². The number of benzene rings is 1. The summed E-state index contributed by atoms with van der Waals surface area (Å²) in [5.74, 6) is -0.0481. The standard InChI is InChI=1S/C21H26ClF2N3O5S/c1-3-19(18(13-28)27-33(29,30)17-7-5-6-15(22)12-17)32-26-20(25)14-8-10-16(11-9-14)31-21(23,24)4-2/h4-10,12,16,18-19,27-28H,2-3,11,13H2,1H3,(H2,25,26)/t16?,18?,19-/m1/s1. The van der Waals surface area contributed by atoms with Gasteiger partial charge >= 0.3 is 6.11 Å². The molecule has 33 heavy (non-hydrogen) atoms. The van der Waals surface area contributed by atoms with Crippen LogP contribution >= 0.6 is 11.6 Å². The average Bonchev–Trinajstić information content (AvgIpc) is 2.78. The summed E-state index contributed by atoms with van der Waals surface area (Å²) in [5, 5.41) is 13.8. The first-order valence-corrected chi connectivity index (χ1v) is 11.8. The maximum atomic E-state index is 13.3. The number of halogens is 3. The Bertz CT molecular complexity index is 1030. The van der Waals surface area contributed by atoms with Gasteiger partial charge in [-0.3, -0.25) is 0 Å². The third kappa shape index (κ3) is 7.90. The van der Waals surface area contributed by atoms with Crippen LogP contribution in [-0.4, -0.2) is 50.3 Å². The molecule has 8 nitrogen and oxygen atoms in total. The SMILES string of the molecule is C=CC(F)(F)OC1C=CC(/C(N)=N/O[C@H](CC)C(CO)NS(=O)(=O)c2cccc(Cl)c2)=CC1. The zero-order valence-corrected chi connectivity index (χ0v) is 19.4. The molecule has 0 amide bonds. The van der Waals surface area contributed by atoms with Gasteiger partial charge in [-0.2, -0.15) is 8.78 Å². The molecule has 0 aromatic heterocycles. The minimum absolute atomic E-state index is 0.0481. The number of oxime groups is 1. The molecular weight excluding hydrogens is 480 g/mol. The van der Waals surface area contributed by atoms with Crippen molar-refractivity contribution >= 4 is 27.5 Å². The molecule has 0 radical (unpaired) electrons. The quantitative estimate of drug-likeness (QED) is 0.174. The Labute approximate surface area is 196 Å². The number of nitrogens with two attached hydrogens (primary N) is 1. The van der Waals surface area contributed by atoms with Crippen LogP contribution in [-0.2, 0) is 19.6 Å². The fraction of sp³-hybridized carbons (Fsp3) is 0.381. The molecular formula is C21H26ClF2N3O5S. The molecule has 1 aliphatic rings. The van der Waals surface area contributed by atoms with Crippen LogP contribution in [0.2, 0.25) is 5.02 Å². The summed E-state index contributed by atoms with van der Waals surface area (Å²) in [5.41, 5.74) is 6.33. The van der Waals surface area contributed by atoms with Crippen LogP contribution in [0.3, 0.4) is 0 Å². The lowest BCUT2D eigenvalue weighted by molar-refractivity contribution is -0.216. The second-order valence-corrected chi connectivity index (χ2v) is 9.22. The molecule has 2 rings (SSSR count). The average molecular weight is 506 g/mol. The van der Waals surface area contributed by atoms with Crippen LogP contribution in [0.25, 0.3) is 0 Å². The highest BCUT2D eigenvalue weighted by atomic mass is 35.5. The van der Waals surface area contributed by atoms with Crippen LogP contribution in [0.1, 0.15) is 19.8 Å². The Hall–Kier alpha value is -2.31. The summed E-state index contributed by atoms with van der Waals surface area (Å²) in [7, 11) is -3.99. The van der Waals surface area contributed by atoms with Crippen LogP contribution in [0.4, 0.5) is 8.78 Å². The van der Waals surface area contributed by atoms with Crippen molar-refractivity contribution in [3.8, 4) is 0 Å². The van der Waals surface area contributed by atoms with Gasteiger partial charge in [-0.05, 0) is 31.0 Å². The van der Waals surface area contributed by atoms with Gasteiger partial charge in [-0.15, -0.1) is 0 Å². The number of nitrogens with one attached hydrogen (secondary N) is 1. The van der Waals surface area contributed by atoms with Gasteiger partial charge in [0, 0.05) is 16.7 Å². The van der Waals surface area contributed by atoms with Gasteiger partial charge in [0.05, 0.1) is 23.6 Å². The summed E-state index contributed by atoms with van der Waals surface area (Å²) in [6.45, 7) is 4.17. The summed E-state index contributed by atoms with van der Waals surface area (Å²) >= 11 is 5.86. The lowest BCUT2D eigenvalue weighted by Gasteiger charge is -2.24. The highest BCUT2D eigenvalue weighted by molar-refractivity contribution is 7.89. The Morgan fingerprint density at radius 3 is 2.79 bits per heavy atom. The number of nitrogens with zero attached hydrogens (tertiary/aromatic N) is 1. The second-order valence-electron chi connectivity index (χ2n) is 7.07. The van der Waals surface area contributed by atoms with Crippen molar-refractivity contribution in [3.63, 3.8) is 0 Å². The molecule has 0 aliphatic heterocycles. The van der Waals surface area contributed by atoms with Crippen LogP contribution < -0.4 is 10.5 Å². The lowest BCUT2D eigenvalue weighted by atomic mass is 10.0. The second kappa shape index (κ2) is 11.7. The Morgan fingerprint density at radius 1 is 1.52 bits per heavy atom. The van der Waals surface area contributed by atoms with Crippen molar-refractivity contribution in [1.82, 2.24) is 4.72 Å². The van der Waals surface area contributed by atoms with Crippen LogP contribution in [0.5, 0.6) is 0 Å². The van der Waals surface area contributed by atoms with Crippen molar-refractivity contribution in [2.75, 3.05) is 6.61 Å². The number of alkyl halides is 2. The van der Waals surface area contributed by atoms with Gasteiger partial charge in [0.15, 0.2) is 5.84 Å². The largest absolute Gasteiger partial charge is 0.395 e. The number of hydrogen-bond acceptors (Lipinski definition) is 6. The maximum absolute atomic E-state index is 13.3. The Balaban J connectivity index is 2.04. The van der Waals surface area contributed by atoms with Gasteiger partial charge in [0.25, 0.3) is 0 Å². The topological polar surface area (TPSA) is 123 Å². The monoisotopic (exact) mass is 505 g/mol. The molecule has 2 unspecified atom stereocenters. The number of rotatable bonds is 12. The van der Waals surface area contributed by atoms with Crippen molar-refractivity contribution in [2.45, 2.75) is 49.0 Å². The zero-order chi connectivity index (χ0) is 24.6. The van der Waals surface area contributed by atoms with Gasteiger partial charge in [0.1, 0.15) is 6.10 Å². The van der Waals surface area contributed by atoms with E-state index in [0.717, 1.165) is 0 Å². The van der Waals surface area contributed by atoms with E-state index in [1.807, 2.05) is 0 Å². The Kier molecular flexibility index (Phi) is 9.56. The molecule has 1 aromatic carbocycles. The van der Waals surface area contributed by atoms with E-state index in [9.17, 15) is 22.3 Å². The number of sulfonamides is 1. The fourth-order valence-electron chi connectivity index (χ4n) is 2.87. The Morgan fingerprint density at radius 2 is 2.24 bits per heavy atom.